The highest BCUT2D eigenvalue weighted by Gasteiger charge is 2.19. The molecule has 1 atom stereocenters. The van der Waals surface area contributed by atoms with Crippen molar-refractivity contribution in [3.05, 3.63) is 21.9 Å². The van der Waals surface area contributed by atoms with Crippen LogP contribution in [0.5, 0.6) is 0 Å². The predicted molar refractivity (Wildman–Crippen MR) is 86.5 cm³/mol. The molecule has 1 aromatic rings. The van der Waals surface area contributed by atoms with E-state index in [9.17, 15) is 0 Å². The van der Waals surface area contributed by atoms with E-state index < -0.39 is 0 Å². The van der Waals surface area contributed by atoms with Crippen LogP contribution in [0.2, 0.25) is 0 Å². The third kappa shape index (κ3) is 5.52. The summed E-state index contributed by atoms with van der Waals surface area (Å²) in [4.78, 5) is 5.37. The molecule has 3 nitrogen and oxygen atoms in total. The SMILES string of the molecule is CCCOC1CCCN(CCNCc2ccc(C)s2)C1. The Balaban J connectivity index is 1.58. The molecule has 0 amide bonds. The van der Waals surface area contributed by atoms with Crippen LogP contribution in [0.15, 0.2) is 12.1 Å². The molecule has 1 fully saturated rings. The zero-order valence-electron chi connectivity index (χ0n) is 12.9. The number of likely N-dealkylation sites (tertiary alicyclic amines) is 1. The van der Waals surface area contributed by atoms with Crippen molar-refractivity contribution in [2.24, 2.45) is 0 Å². The van der Waals surface area contributed by atoms with Gasteiger partial charge in [0.25, 0.3) is 0 Å². The van der Waals surface area contributed by atoms with Gasteiger partial charge in [0.2, 0.25) is 0 Å². The number of hydrogen-bond acceptors (Lipinski definition) is 4. The van der Waals surface area contributed by atoms with Gasteiger partial charge < -0.3 is 10.1 Å². The van der Waals surface area contributed by atoms with Crippen molar-refractivity contribution in [2.45, 2.75) is 45.8 Å². The highest BCUT2D eigenvalue weighted by atomic mass is 32.1. The number of thiophene rings is 1. The quantitative estimate of drug-likeness (QED) is 0.746. The minimum Gasteiger partial charge on any atom is -0.377 e. The lowest BCUT2D eigenvalue weighted by atomic mass is 10.1. The number of nitrogens with zero attached hydrogens (tertiary/aromatic N) is 1. The van der Waals surface area contributed by atoms with Crippen LogP contribution in [0.3, 0.4) is 0 Å². The lowest BCUT2D eigenvalue weighted by molar-refractivity contribution is 0.000356. The largest absolute Gasteiger partial charge is 0.377 e. The van der Waals surface area contributed by atoms with Gasteiger partial charge in [-0.15, -0.1) is 11.3 Å². The Labute approximate surface area is 127 Å². The van der Waals surface area contributed by atoms with Crippen molar-refractivity contribution in [2.75, 3.05) is 32.8 Å². The number of hydrogen-bond donors (Lipinski definition) is 1. The lowest BCUT2D eigenvalue weighted by Crippen LogP contribution is -2.42. The van der Waals surface area contributed by atoms with Gasteiger partial charge in [0.15, 0.2) is 0 Å². The van der Waals surface area contributed by atoms with Gasteiger partial charge >= 0.3 is 0 Å². The van der Waals surface area contributed by atoms with Gasteiger partial charge in [0.1, 0.15) is 0 Å². The van der Waals surface area contributed by atoms with Gasteiger partial charge in [-0.1, -0.05) is 6.92 Å². The van der Waals surface area contributed by atoms with Crippen molar-refractivity contribution >= 4 is 11.3 Å². The first-order chi connectivity index (χ1) is 9.78. The molecule has 0 bridgehead atoms. The van der Waals surface area contributed by atoms with E-state index >= 15 is 0 Å². The Morgan fingerprint density at radius 2 is 2.35 bits per heavy atom. The molecule has 1 aromatic heterocycles. The standard InChI is InChI=1S/C16H28N2OS/c1-3-11-19-15-5-4-9-18(13-15)10-8-17-12-16-7-6-14(2)20-16/h6-7,15,17H,3-5,8-13H2,1-2H3. The molecule has 0 aromatic carbocycles. The molecule has 0 spiro atoms. The third-order valence-corrected chi connectivity index (χ3v) is 4.72. The molecule has 0 saturated carbocycles. The van der Waals surface area contributed by atoms with Gasteiger partial charge in [0.05, 0.1) is 6.10 Å². The topological polar surface area (TPSA) is 24.5 Å². The zero-order valence-corrected chi connectivity index (χ0v) is 13.7. The average Bonchev–Trinajstić information content (AvgIpc) is 2.87. The summed E-state index contributed by atoms with van der Waals surface area (Å²) < 4.78 is 5.88. The first-order valence-electron chi connectivity index (χ1n) is 7.88. The summed E-state index contributed by atoms with van der Waals surface area (Å²) >= 11 is 1.89. The van der Waals surface area contributed by atoms with Crippen LogP contribution in [-0.4, -0.2) is 43.8 Å². The lowest BCUT2D eigenvalue weighted by Gasteiger charge is -2.32. The summed E-state index contributed by atoms with van der Waals surface area (Å²) in [7, 11) is 0. The van der Waals surface area contributed by atoms with E-state index in [0.29, 0.717) is 6.10 Å². The van der Waals surface area contributed by atoms with Crippen molar-refractivity contribution in [1.29, 1.82) is 0 Å². The van der Waals surface area contributed by atoms with Crippen LogP contribution in [0.4, 0.5) is 0 Å². The Hall–Kier alpha value is -0.420. The second kappa shape index (κ2) is 8.78. The molecule has 114 valence electrons. The molecule has 4 heteroatoms. The van der Waals surface area contributed by atoms with E-state index in [2.05, 4.69) is 36.2 Å². The molecular formula is C16H28N2OS. The second-order valence-corrected chi connectivity index (χ2v) is 7.00. The van der Waals surface area contributed by atoms with Crippen LogP contribution >= 0.6 is 11.3 Å². The van der Waals surface area contributed by atoms with Crippen molar-refractivity contribution in [3.8, 4) is 0 Å². The van der Waals surface area contributed by atoms with Crippen molar-refractivity contribution in [3.63, 3.8) is 0 Å². The normalized spacial score (nSPS) is 20.4. The third-order valence-electron chi connectivity index (χ3n) is 3.72. The molecule has 20 heavy (non-hydrogen) atoms. The minimum absolute atomic E-state index is 0.462. The smallest absolute Gasteiger partial charge is 0.0702 e. The molecule has 1 aliphatic rings. The zero-order chi connectivity index (χ0) is 14.2. The second-order valence-electron chi connectivity index (χ2n) is 5.62. The molecule has 0 aliphatic carbocycles. The van der Waals surface area contributed by atoms with E-state index in [-0.39, 0.29) is 0 Å². The van der Waals surface area contributed by atoms with E-state index in [1.165, 1.54) is 29.1 Å². The van der Waals surface area contributed by atoms with Gasteiger partial charge in [0, 0.05) is 42.5 Å². The van der Waals surface area contributed by atoms with Crippen LogP contribution in [-0.2, 0) is 11.3 Å². The van der Waals surface area contributed by atoms with E-state index in [4.69, 9.17) is 4.74 Å². The van der Waals surface area contributed by atoms with Crippen LogP contribution in [0.1, 0.15) is 35.9 Å². The van der Waals surface area contributed by atoms with Crippen molar-refractivity contribution in [1.82, 2.24) is 10.2 Å². The fraction of sp³-hybridized carbons (Fsp3) is 0.750. The number of piperidine rings is 1. The number of aryl methyl sites for hydroxylation is 1. The Kier molecular flexibility index (Phi) is 7.00. The maximum atomic E-state index is 5.88. The summed E-state index contributed by atoms with van der Waals surface area (Å²) in [5.74, 6) is 0. The van der Waals surface area contributed by atoms with E-state index in [1.807, 2.05) is 11.3 Å². The Morgan fingerprint density at radius 3 is 3.10 bits per heavy atom. The maximum absolute atomic E-state index is 5.88. The molecule has 1 unspecified atom stereocenters. The molecular weight excluding hydrogens is 268 g/mol. The molecule has 2 heterocycles. The van der Waals surface area contributed by atoms with Crippen molar-refractivity contribution < 1.29 is 4.74 Å². The first kappa shape index (κ1) is 16.0. The molecule has 1 aliphatic heterocycles. The Bertz CT molecular complexity index is 380. The molecule has 2 rings (SSSR count). The summed E-state index contributed by atoms with van der Waals surface area (Å²) in [5.41, 5.74) is 0. The molecule has 1 saturated heterocycles. The highest BCUT2D eigenvalue weighted by Crippen LogP contribution is 2.15. The van der Waals surface area contributed by atoms with Gasteiger partial charge in [-0.25, -0.2) is 0 Å². The minimum atomic E-state index is 0.462. The van der Waals surface area contributed by atoms with Crippen LogP contribution in [0, 0.1) is 6.92 Å². The molecule has 1 N–H and O–H groups in total. The first-order valence-corrected chi connectivity index (χ1v) is 8.69. The molecule has 0 radical (unpaired) electrons. The average molecular weight is 296 g/mol. The van der Waals surface area contributed by atoms with Gasteiger partial charge in [-0.3, -0.25) is 4.90 Å². The fourth-order valence-corrected chi connectivity index (χ4v) is 3.53. The predicted octanol–water partition coefficient (Wildman–Crippen LogP) is 3.04. The van der Waals surface area contributed by atoms with Crippen LogP contribution < -0.4 is 5.32 Å². The number of rotatable bonds is 8. The monoisotopic (exact) mass is 296 g/mol. The Morgan fingerprint density at radius 1 is 1.45 bits per heavy atom. The van der Waals surface area contributed by atoms with Crippen LogP contribution in [0.25, 0.3) is 0 Å². The summed E-state index contributed by atoms with van der Waals surface area (Å²) in [5, 5.41) is 3.55. The number of nitrogens with one attached hydrogen (secondary N) is 1. The highest BCUT2D eigenvalue weighted by molar-refractivity contribution is 7.11. The van der Waals surface area contributed by atoms with E-state index in [0.717, 1.165) is 39.2 Å². The van der Waals surface area contributed by atoms with Gasteiger partial charge in [-0.2, -0.15) is 0 Å². The number of ether oxygens (including phenoxy) is 1. The summed E-state index contributed by atoms with van der Waals surface area (Å²) in [6, 6.07) is 4.42. The fourth-order valence-electron chi connectivity index (χ4n) is 2.67. The summed E-state index contributed by atoms with van der Waals surface area (Å²) in [6.07, 6.45) is 4.10. The van der Waals surface area contributed by atoms with E-state index in [1.54, 1.807) is 0 Å². The maximum Gasteiger partial charge on any atom is 0.0702 e. The summed E-state index contributed by atoms with van der Waals surface area (Å²) in [6.45, 7) is 10.8. The van der Waals surface area contributed by atoms with Gasteiger partial charge in [-0.05, 0) is 44.9 Å².